The number of carbonyl (C=O) groups is 1. The second-order valence-electron chi connectivity index (χ2n) is 5.27. The number of imidazole rings is 1. The Kier molecular flexibility index (Phi) is 3.63. The van der Waals surface area contributed by atoms with Crippen molar-refractivity contribution in [3.05, 3.63) is 40.5 Å². The lowest BCUT2D eigenvalue weighted by molar-refractivity contribution is 0.0922. The van der Waals surface area contributed by atoms with Crippen LogP contribution in [0.2, 0.25) is 5.02 Å². The molecule has 1 amide bonds. The Morgan fingerprint density at radius 3 is 3.05 bits per heavy atom. The standard InChI is InChI=1S/C14H16ClN5O/c1-8-6-20-7-10(3-4-12(20)17-8)19-14(21)13-11(15)5-16-9(2)18-13/h5-6,10H,3-4,7H2,1-2H3,(H,19,21)/t10-/m0/s1. The van der Waals surface area contributed by atoms with Gasteiger partial charge < -0.3 is 9.88 Å². The number of halogens is 1. The minimum absolute atomic E-state index is 0.0601. The topological polar surface area (TPSA) is 72.7 Å². The first-order chi connectivity index (χ1) is 10.0. The molecule has 3 rings (SSSR count). The first kappa shape index (κ1) is 14.0. The lowest BCUT2D eigenvalue weighted by atomic mass is 10.1. The lowest BCUT2D eigenvalue weighted by Gasteiger charge is -2.24. The number of nitrogens with zero attached hydrogens (tertiary/aromatic N) is 4. The number of carbonyl (C=O) groups excluding carboxylic acids is 1. The number of fused-ring (bicyclic) bond motifs is 1. The van der Waals surface area contributed by atoms with E-state index in [-0.39, 0.29) is 22.7 Å². The molecule has 6 nitrogen and oxygen atoms in total. The Bertz CT molecular complexity index is 697. The summed E-state index contributed by atoms with van der Waals surface area (Å²) in [5, 5.41) is 3.26. The van der Waals surface area contributed by atoms with Crippen LogP contribution in [0.15, 0.2) is 12.4 Å². The first-order valence-electron chi connectivity index (χ1n) is 6.85. The van der Waals surface area contributed by atoms with Gasteiger partial charge in [0, 0.05) is 25.2 Å². The van der Waals surface area contributed by atoms with Gasteiger partial charge in [0.25, 0.3) is 5.91 Å². The van der Waals surface area contributed by atoms with E-state index in [1.165, 1.54) is 6.20 Å². The first-order valence-corrected chi connectivity index (χ1v) is 7.23. The van der Waals surface area contributed by atoms with Gasteiger partial charge in [0.2, 0.25) is 0 Å². The fourth-order valence-corrected chi connectivity index (χ4v) is 2.75. The van der Waals surface area contributed by atoms with Crippen LogP contribution in [0, 0.1) is 13.8 Å². The van der Waals surface area contributed by atoms with E-state index in [1.807, 2.05) is 13.1 Å². The minimum Gasteiger partial charge on any atom is -0.346 e. The summed E-state index contributed by atoms with van der Waals surface area (Å²) in [5.74, 6) is 1.35. The maximum absolute atomic E-state index is 12.3. The molecule has 0 unspecified atom stereocenters. The molecule has 0 fully saturated rings. The average molecular weight is 306 g/mol. The quantitative estimate of drug-likeness (QED) is 0.916. The van der Waals surface area contributed by atoms with Crippen molar-refractivity contribution in [1.82, 2.24) is 24.8 Å². The van der Waals surface area contributed by atoms with Crippen LogP contribution in [0.1, 0.15) is 34.3 Å². The van der Waals surface area contributed by atoms with Gasteiger partial charge in [-0.3, -0.25) is 4.79 Å². The molecular formula is C14H16ClN5O. The van der Waals surface area contributed by atoms with Crippen LogP contribution in [0.3, 0.4) is 0 Å². The van der Waals surface area contributed by atoms with Crippen molar-refractivity contribution >= 4 is 17.5 Å². The monoisotopic (exact) mass is 305 g/mol. The van der Waals surface area contributed by atoms with Gasteiger partial charge in [0.15, 0.2) is 0 Å². The van der Waals surface area contributed by atoms with Crippen LogP contribution >= 0.6 is 11.6 Å². The zero-order valence-electron chi connectivity index (χ0n) is 11.9. The third kappa shape index (κ3) is 2.90. The van der Waals surface area contributed by atoms with Crippen molar-refractivity contribution in [1.29, 1.82) is 0 Å². The van der Waals surface area contributed by atoms with Gasteiger partial charge in [-0.1, -0.05) is 11.6 Å². The number of nitrogens with one attached hydrogen (secondary N) is 1. The Balaban J connectivity index is 1.73. The van der Waals surface area contributed by atoms with Gasteiger partial charge in [0.05, 0.1) is 16.9 Å². The lowest BCUT2D eigenvalue weighted by Crippen LogP contribution is -2.41. The molecule has 21 heavy (non-hydrogen) atoms. The molecule has 7 heteroatoms. The van der Waals surface area contributed by atoms with Crippen molar-refractivity contribution in [2.24, 2.45) is 0 Å². The molecule has 2 aromatic rings. The minimum atomic E-state index is -0.254. The van der Waals surface area contributed by atoms with Gasteiger partial charge in [-0.25, -0.2) is 15.0 Å². The Labute approximate surface area is 127 Å². The van der Waals surface area contributed by atoms with Gasteiger partial charge in [-0.05, 0) is 20.3 Å². The smallest absolute Gasteiger partial charge is 0.271 e. The molecule has 0 aromatic carbocycles. The molecule has 0 spiro atoms. The molecule has 110 valence electrons. The molecule has 1 N–H and O–H groups in total. The highest BCUT2D eigenvalue weighted by molar-refractivity contribution is 6.33. The van der Waals surface area contributed by atoms with E-state index in [0.29, 0.717) is 5.82 Å². The molecule has 0 saturated carbocycles. The molecule has 0 aliphatic carbocycles. The summed E-state index contributed by atoms with van der Waals surface area (Å²) < 4.78 is 2.09. The summed E-state index contributed by atoms with van der Waals surface area (Å²) in [6, 6.07) is 0.0601. The molecule has 3 heterocycles. The summed E-state index contributed by atoms with van der Waals surface area (Å²) in [6.07, 6.45) is 5.19. The van der Waals surface area contributed by atoms with E-state index in [0.717, 1.165) is 30.9 Å². The van der Waals surface area contributed by atoms with Crippen molar-refractivity contribution < 1.29 is 4.79 Å². The molecule has 2 aromatic heterocycles. The normalized spacial score (nSPS) is 17.4. The predicted octanol–water partition coefficient (Wildman–Crippen LogP) is 1.69. The predicted molar refractivity (Wildman–Crippen MR) is 78.3 cm³/mol. The van der Waals surface area contributed by atoms with Crippen LogP contribution < -0.4 is 5.32 Å². The molecule has 1 atom stereocenters. The van der Waals surface area contributed by atoms with E-state index in [4.69, 9.17) is 11.6 Å². The molecule has 1 aliphatic heterocycles. The van der Waals surface area contributed by atoms with E-state index in [2.05, 4.69) is 24.8 Å². The maximum Gasteiger partial charge on any atom is 0.271 e. The zero-order chi connectivity index (χ0) is 15.0. The number of aromatic nitrogens is 4. The third-order valence-corrected chi connectivity index (χ3v) is 3.80. The highest BCUT2D eigenvalue weighted by Gasteiger charge is 2.23. The Morgan fingerprint density at radius 2 is 2.24 bits per heavy atom. The van der Waals surface area contributed by atoms with Crippen molar-refractivity contribution in [2.45, 2.75) is 39.3 Å². The average Bonchev–Trinajstić information content (AvgIpc) is 2.80. The van der Waals surface area contributed by atoms with E-state index in [1.54, 1.807) is 6.92 Å². The van der Waals surface area contributed by atoms with Crippen LogP contribution in [-0.2, 0) is 13.0 Å². The van der Waals surface area contributed by atoms with E-state index >= 15 is 0 Å². The van der Waals surface area contributed by atoms with Crippen molar-refractivity contribution in [2.75, 3.05) is 0 Å². The number of rotatable bonds is 2. The van der Waals surface area contributed by atoms with Crippen molar-refractivity contribution in [3.63, 3.8) is 0 Å². The number of amides is 1. The molecule has 0 radical (unpaired) electrons. The second kappa shape index (κ2) is 5.44. The summed E-state index contributed by atoms with van der Waals surface area (Å²) in [5.41, 5.74) is 1.24. The van der Waals surface area contributed by atoms with Gasteiger partial charge >= 0.3 is 0 Å². The van der Waals surface area contributed by atoms with Gasteiger partial charge in [0.1, 0.15) is 17.3 Å². The van der Waals surface area contributed by atoms with Crippen LogP contribution in [-0.4, -0.2) is 31.5 Å². The highest BCUT2D eigenvalue weighted by Crippen LogP contribution is 2.17. The fraction of sp³-hybridized carbons (Fsp3) is 0.429. The fourth-order valence-electron chi connectivity index (χ4n) is 2.57. The van der Waals surface area contributed by atoms with Gasteiger partial charge in [-0.2, -0.15) is 0 Å². The highest BCUT2D eigenvalue weighted by atomic mass is 35.5. The molecular weight excluding hydrogens is 290 g/mol. The SMILES string of the molecule is Cc1cn2c(n1)CC[C@H](NC(=O)c1nc(C)ncc1Cl)C2. The number of hydrogen-bond acceptors (Lipinski definition) is 4. The molecule has 0 bridgehead atoms. The number of aryl methyl sites for hydroxylation is 3. The molecule has 1 aliphatic rings. The summed E-state index contributed by atoms with van der Waals surface area (Å²) in [7, 11) is 0. The van der Waals surface area contributed by atoms with Crippen molar-refractivity contribution in [3.8, 4) is 0 Å². The Hall–Kier alpha value is -1.95. The zero-order valence-corrected chi connectivity index (χ0v) is 12.7. The van der Waals surface area contributed by atoms with Crippen LogP contribution in [0.4, 0.5) is 0 Å². The second-order valence-corrected chi connectivity index (χ2v) is 5.68. The van der Waals surface area contributed by atoms with Crippen LogP contribution in [0.25, 0.3) is 0 Å². The maximum atomic E-state index is 12.3. The van der Waals surface area contributed by atoms with Gasteiger partial charge in [-0.15, -0.1) is 0 Å². The summed E-state index contributed by atoms with van der Waals surface area (Å²) >= 11 is 5.99. The third-order valence-electron chi connectivity index (χ3n) is 3.53. The summed E-state index contributed by atoms with van der Waals surface area (Å²) in [4.78, 5) is 24.8. The summed E-state index contributed by atoms with van der Waals surface area (Å²) in [6.45, 7) is 4.43. The number of hydrogen-bond donors (Lipinski definition) is 1. The largest absolute Gasteiger partial charge is 0.346 e. The van der Waals surface area contributed by atoms with Crippen LogP contribution in [0.5, 0.6) is 0 Å². The Morgan fingerprint density at radius 1 is 1.43 bits per heavy atom. The van der Waals surface area contributed by atoms with E-state index in [9.17, 15) is 4.79 Å². The molecule has 0 saturated heterocycles. The van der Waals surface area contributed by atoms with E-state index < -0.39 is 0 Å².